The maximum Gasteiger partial charge on any atom is 0.407 e. The molecule has 0 atom stereocenters. The third-order valence-electron chi connectivity index (χ3n) is 5.48. The number of nitro groups is 1. The summed E-state index contributed by atoms with van der Waals surface area (Å²) in [6, 6.07) is 7.45. The molecule has 1 aromatic heterocycles. The summed E-state index contributed by atoms with van der Waals surface area (Å²) in [6.07, 6.45) is 4.77. The van der Waals surface area contributed by atoms with E-state index in [2.05, 4.69) is 20.6 Å². The molecule has 0 bridgehead atoms. The Balaban J connectivity index is 1.55. The number of carbonyl (C=O) groups is 1. The average molecular weight is 457 g/mol. The van der Waals surface area contributed by atoms with Crippen LogP contribution in [-0.4, -0.2) is 39.2 Å². The lowest BCUT2D eigenvalue weighted by atomic mass is 9.86. The first-order valence-corrected chi connectivity index (χ1v) is 11.2. The predicted octanol–water partition coefficient (Wildman–Crippen LogP) is 4.05. The van der Waals surface area contributed by atoms with Crippen molar-refractivity contribution in [1.29, 1.82) is 0 Å². The largest absolute Gasteiger partial charge is 0.444 e. The molecule has 10 nitrogen and oxygen atoms in total. The number of nitrogens with two attached hydrogens (primary N) is 1. The molecule has 1 fully saturated rings. The molecule has 1 heterocycles. The molecule has 1 aliphatic carbocycles. The second-order valence-electron chi connectivity index (χ2n) is 9.44. The van der Waals surface area contributed by atoms with Crippen molar-refractivity contribution in [3.63, 3.8) is 0 Å². The lowest BCUT2D eigenvalue weighted by Gasteiger charge is -2.30. The number of nitrogens with zero attached hydrogens (tertiary/aromatic N) is 3. The van der Waals surface area contributed by atoms with Crippen LogP contribution in [0.3, 0.4) is 0 Å². The van der Waals surface area contributed by atoms with Gasteiger partial charge in [-0.15, -0.1) is 0 Å². The van der Waals surface area contributed by atoms with Crippen LogP contribution in [0.2, 0.25) is 0 Å². The molecule has 1 aliphatic rings. The highest BCUT2D eigenvalue weighted by molar-refractivity contribution is 5.68. The quantitative estimate of drug-likeness (QED) is 0.321. The minimum absolute atomic E-state index is 0.0796. The Morgan fingerprint density at radius 1 is 1.21 bits per heavy atom. The van der Waals surface area contributed by atoms with Gasteiger partial charge in [0.05, 0.1) is 4.92 Å². The maximum atomic E-state index is 12.0. The van der Waals surface area contributed by atoms with E-state index >= 15 is 0 Å². The highest BCUT2D eigenvalue weighted by Gasteiger charge is 2.26. The van der Waals surface area contributed by atoms with Crippen molar-refractivity contribution in [1.82, 2.24) is 15.3 Å². The fraction of sp³-hybridized carbons (Fsp3) is 0.522. The van der Waals surface area contributed by atoms with Crippen LogP contribution in [0, 0.1) is 16.0 Å². The van der Waals surface area contributed by atoms with Crippen LogP contribution in [0.25, 0.3) is 0 Å². The van der Waals surface area contributed by atoms with Crippen molar-refractivity contribution in [2.75, 3.05) is 17.6 Å². The Bertz CT molecular complexity index is 966. The summed E-state index contributed by atoms with van der Waals surface area (Å²) in [7, 11) is 0. The number of carbonyl (C=O) groups excluding carboxylic acids is 1. The summed E-state index contributed by atoms with van der Waals surface area (Å²) in [5.41, 5.74) is 6.70. The molecular formula is C23H32N6O4. The summed E-state index contributed by atoms with van der Waals surface area (Å²) in [5.74, 6) is 1.06. The van der Waals surface area contributed by atoms with Crippen molar-refractivity contribution < 1.29 is 14.5 Å². The smallest absolute Gasteiger partial charge is 0.407 e. The molecule has 178 valence electrons. The minimum atomic E-state index is -0.524. The van der Waals surface area contributed by atoms with E-state index in [1.54, 1.807) is 12.1 Å². The van der Waals surface area contributed by atoms with Gasteiger partial charge in [-0.1, -0.05) is 12.1 Å². The van der Waals surface area contributed by atoms with E-state index in [1.807, 2.05) is 32.9 Å². The number of rotatable bonds is 7. The molecule has 0 radical (unpaired) electrons. The van der Waals surface area contributed by atoms with Crippen molar-refractivity contribution in [2.45, 2.75) is 64.5 Å². The number of benzene rings is 1. The van der Waals surface area contributed by atoms with Crippen LogP contribution in [0.4, 0.5) is 22.0 Å². The summed E-state index contributed by atoms with van der Waals surface area (Å²) in [6.45, 7) is 6.08. The van der Waals surface area contributed by atoms with Crippen LogP contribution >= 0.6 is 0 Å². The normalized spacial score (nSPS) is 18.4. The van der Waals surface area contributed by atoms with Crippen molar-refractivity contribution >= 4 is 23.3 Å². The van der Waals surface area contributed by atoms with Gasteiger partial charge in [0, 0.05) is 24.7 Å². The molecule has 0 spiro atoms. The van der Waals surface area contributed by atoms with Crippen LogP contribution in [0.15, 0.2) is 30.5 Å². The second-order valence-corrected chi connectivity index (χ2v) is 9.44. The molecular weight excluding hydrogens is 424 g/mol. The van der Waals surface area contributed by atoms with Crippen LogP contribution in [0.5, 0.6) is 0 Å². The SMILES string of the molecule is CC(C)(C)OC(=O)NC1CCC(CNc2nc(Cc3ccc(N)cc3)ncc2[N+](=O)[O-])CC1. The fourth-order valence-corrected chi connectivity index (χ4v) is 3.81. The van der Waals surface area contributed by atoms with Gasteiger partial charge in [-0.25, -0.2) is 14.8 Å². The topological polar surface area (TPSA) is 145 Å². The van der Waals surface area contributed by atoms with E-state index in [0.717, 1.165) is 31.2 Å². The number of amides is 1. The first kappa shape index (κ1) is 24.2. The van der Waals surface area contributed by atoms with Gasteiger partial charge in [0.25, 0.3) is 0 Å². The maximum absolute atomic E-state index is 12.0. The molecule has 0 unspecified atom stereocenters. The standard InChI is InChI=1S/C23H32N6O4/c1-23(2,3)33-22(30)27-18-10-6-16(7-11-18)13-26-21-19(29(31)32)14-25-20(28-21)12-15-4-8-17(24)9-5-15/h4-5,8-9,14,16,18H,6-7,10-13,24H2,1-3H3,(H,27,30)(H,25,26,28). The van der Waals surface area contributed by atoms with E-state index in [0.29, 0.717) is 30.4 Å². The number of anilines is 2. The molecule has 0 saturated heterocycles. The van der Waals surface area contributed by atoms with E-state index < -0.39 is 16.6 Å². The molecule has 1 saturated carbocycles. The summed E-state index contributed by atoms with van der Waals surface area (Å²) >= 11 is 0. The third kappa shape index (κ3) is 7.58. The zero-order valence-electron chi connectivity index (χ0n) is 19.3. The van der Waals surface area contributed by atoms with Gasteiger partial charge < -0.3 is 21.1 Å². The zero-order valence-corrected chi connectivity index (χ0v) is 19.3. The number of aromatic nitrogens is 2. The Kier molecular flexibility index (Phi) is 7.67. The minimum Gasteiger partial charge on any atom is -0.444 e. The molecule has 4 N–H and O–H groups in total. The molecule has 1 aromatic carbocycles. The molecule has 1 amide bonds. The monoisotopic (exact) mass is 456 g/mol. The fourth-order valence-electron chi connectivity index (χ4n) is 3.81. The van der Waals surface area contributed by atoms with Crippen molar-refractivity contribution in [2.24, 2.45) is 5.92 Å². The Morgan fingerprint density at radius 3 is 2.48 bits per heavy atom. The summed E-state index contributed by atoms with van der Waals surface area (Å²) < 4.78 is 5.32. The predicted molar refractivity (Wildman–Crippen MR) is 126 cm³/mol. The molecule has 3 rings (SSSR count). The molecule has 2 aromatic rings. The van der Waals surface area contributed by atoms with E-state index in [4.69, 9.17) is 10.5 Å². The third-order valence-corrected chi connectivity index (χ3v) is 5.48. The number of hydrogen-bond acceptors (Lipinski definition) is 8. The van der Waals surface area contributed by atoms with E-state index in [1.165, 1.54) is 6.20 Å². The van der Waals surface area contributed by atoms with E-state index in [9.17, 15) is 14.9 Å². The summed E-state index contributed by atoms with van der Waals surface area (Å²) in [4.78, 5) is 31.5. The Labute approximate surface area is 193 Å². The molecule has 0 aliphatic heterocycles. The molecule has 10 heteroatoms. The lowest BCUT2D eigenvalue weighted by molar-refractivity contribution is -0.384. The van der Waals surface area contributed by atoms with Gasteiger partial charge in [-0.3, -0.25) is 10.1 Å². The zero-order chi connectivity index (χ0) is 24.0. The lowest BCUT2D eigenvalue weighted by Crippen LogP contribution is -2.41. The van der Waals surface area contributed by atoms with Gasteiger partial charge in [0.2, 0.25) is 5.82 Å². The number of alkyl carbamates (subject to hydrolysis) is 1. The van der Waals surface area contributed by atoms with Crippen LogP contribution in [-0.2, 0) is 11.2 Å². The second kappa shape index (κ2) is 10.5. The van der Waals surface area contributed by atoms with Gasteiger partial charge in [0.1, 0.15) is 17.6 Å². The highest BCUT2D eigenvalue weighted by atomic mass is 16.6. The number of ether oxygens (including phenoxy) is 1. The van der Waals surface area contributed by atoms with Crippen molar-refractivity contribution in [3.8, 4) is 0 Å². The number of nitrogens with one attached hydrogen (secondary N) is 2. The Hall–Kier alpha value is -3.43. The first-order valence-electron chi connectivity index (χ1n) is 11.2. The number of hydrogen-bond donors (Lipinski definition) is 3. The van der Waals surface area contributed by atoms with Gasteiger partial charge in [-0.2, -0.15) is 0 Å². The van der Waals surface area contributed by atoms with Gasteiger partial charge >= 0.3 is 11.8 Å². The van der Waals surface area contributed by atoms with Gasteiger partial charge in [0.15, 0.2) is 0 Å². The number of nitrogen functional groups attached to an aromatic ring is 1. The molecule has 33 heavy (non-hydrogen) atoms. The Morgan fingerprint density at radius 2 is 1.88 bits per heavy atom. The first-order chi connectivity index (χ1) is 15.6. The van der Waals surface area contributed by atoms with Crippen molar-refractivity contribution in [3.05, 3.63) is 52.0 Å². The summed E-state index contributed by atoms with van der Waals surface area (Å²) in [5, 5.41) is 17.5. The van der Waals surface area contributed by atoms with E-state index in [-0.39, 0.29) is 17.5 Å². The van der Waals surface area contributed by atoms with Crippen LogP contribution in [0.1, 0.15) is 57.8 Å². The van der Waals surface area contributed by atoms with Gasteiger partial charge in [-0.05, 0) is 70.1 Å². The van der Waals surface area contributed by atoms with Crippen LogP contribution < -0.4 is 16.4 Å². The highest BCUT2D eigenvalue weighted by Crippen LogP contribution is 2.27. The average Bonchev–Trinajstić information content (AvgIpc) is 2.73.